The molecule has 2 aromatic rings. The fourth-order valence-corrected chi connectivity index (χ4v) is 5.41. The minimum atomic E-state index is -0.282. The van der Waals surface area contributed by atoms with E-state index in [9.17, 15) is 9.59 Å². The first kappa shape index (κ1) is 19.3. The van der Waals surface area contributed by atoms with E-state index in [0.717, 1.165) is 21.3 Å². The van der Waals surface area contributed by atoms with Crippen molar-refractivity contribution in [2.24, 2.45) is 0 Å². The molecule has 1 aliphatic heterocycles. The summed E-state index contributed by atoms with van der Waals surface area (Å²) in [7, 11) is 1.38. The summed E-state index contributed by atoms with van der Waals surface area (Å²) in [5.41, 5.74) is 3.23. The Hall–Kier alpha value is -1.51. The molecule has 0 spiro atoms. The lowest BCUT2D eigenvalue weighted by Crippen LogP contribution is -2.45. The maximum atomic E-state index is 12.5. The van der Waals surface area contributed by atoms with Gasteiger partial charge in [0.1, 0.15) is 5.25 Å². The molecule has 0 bridgehead atoms. The average Bonchev–Trinajstić information content (AvgIpc) is 3.15. The van der Waals surface area contributed by atoms with Crippen molar-refractivity contribution in [3.05, 3.63) is 35.2 Å². The van der Waals surface area contributed by atoms with E-state index in [4.69, 9.17) is 4.74 Å². The van der Waals surface area contributed by atoms with E-state index in [1.54, 1.807) is 28.0 Å². The van der Waals surface area contributed by atoms with Gasteiger partial charge in [-0.15, -0.1) is 23.1 Å². The molecule has 138 valence electrons. The lowest BCUT2D eigenvalue weighted by molar-refractivity contribution is -0.141. The quantitative estimate of drug-likeness (QED) is 0.559. The fraction of sp³-hybridized carbons (Fsp3) is 0.389. The number of amides is 1. The maximum absolute atomic E-state index is 12.5. The van der Waals surface area contributed by atoms with Crippen LogP contribution in [-0.2, 0) is 14.3 Å². The number of methoxy groups -OCH3 is 1. The maximum Gasteiger partial charge on any atom is 0.320 e. The van der Waals surface area contributed by atoms with Crippen LogP contribution < -0.4 is 0 Å². The molecule has 1 saturated heterocycles. The van der Waals surface area contributed by atoms with Crippen molar-refractivity contribution >= 4 is 46.7 Å². The van der Waals surface area contributed by atoms with Crippen LogP contribution in [0.5, 0.6) is 0 Å². The average molecular weight is 409 g/mol. The zero-order chi connectivity index (χ0) is 18.5. The Morgan fingerprint density at radius 1 is 1.35 bits per heavy atom. The largest absolute Gasteiger partial charge is 0.468 e. The van der Waals surface area contributed by atoms with Gasteiger partial charge in [0, 0.05) is 29.8 Å². The van der Waals surface area contributed by atoms with Gasteiger partial charge in [0.15, 0.2) is 4.34 Å². The Bertz CT molecular complexity index is 776. The van der Waals surface area contributed by atoms with Crippen LogP contribution in [0.25, 0.3) is 11.3 Å². The van der Waals surface area contributed by atoms with Crippen molar-refractivity contribution in [1.29, 1.82) is 0 Å². The first-order chi connectivity index (χ1) is 12.6. The van der Waals surface area contributed by atoms with Crippen LogP contribution in [0.15, 0.2) is 34.0 Å². The molecule has 0 saturated carbocycles. The van der Waals surface area contributed by atoms with E-state index in [1.807, 2.05) is 5.38 Å². The number of aryl methyl sites for hydroxylation is 1. The minimum Gasteiger partial charge on any atom is -0.468 e. The number of aromatic nitrogens is 1. The highest BCUT2D eigenvalue weighted by atomic mass is 32.2. The second kappa shape index (κ2) is 8.92. The molecule has 1 amide bonds. The van der Waals surface area contributed by atoms with E-state index < -0.39 is 0 Å². The van der Waals surface area contributed by atoms with E-state index in [-0.39, 0.29) is 17.1 Å². The molecule has 1 aromatic heterocycles. The minimum absolute atomic E-state index is 0.0382. The lowest BCUT2D eigenvalue weighted by atomic mass is 10.1. The molecule has 0 radical (unpaired) electrons. The van der Waals surface area contributed by atoms with Gasteiger partial charge in [0.25, 0.3) is 0 Å². The molecular formula is C18H20N2O3S3. The Kier molecular flexibility index (Phi) is 6.61. The third-order valence-corrected chi connectivity index (χ3v) is 7.20. The molecule has 8 heteroatoms. The summed E-state index contributed by atoms with van der Waals surface area (Å²) in [6.07, 6.45) is 0. The lowest BCUT2D eigenvalue weighted by Gasteiger charge is -2.30. The summed E-state index contributed by atoms with van der Waals surface area (Å²) in [5, 5.41) is 1.73. The normalized spacial score (nSPS) is 17.2. The first-order valence-electron chi connectivity index (χ1n) is 8.19. The number of carbonyl (C=O) groups is 2. The van der Waals surface area contributed by atoms with Gasteiger partial charge in [0.2, 0.25) is 5.91 Å². The van der Waals surface area contributed by atoms with Gasteiger partial charge in [-0.05, 0) is 6.92 Å². The summed E-state index contributed by atoms with van der Waals surface area (Å²) < 4.78 is 5.67. The van der Waals surface area contributed by atoms with Crippen molar-refractivity contribution in [2.75, 3.05) is 31.7 Å². The van der Waals surface area contributed by atoms with Gasteiger partial charge >= 0.3 is 5.97 Å². The second-order valence-electron chi connectivity index (χ2n) is 5.88. The smallest absolute Gasteiger partial charge is 0.320 e. The molecule has 0 N–H and O–H groups in total. The van der Waals surface area contributed by atoms with E-state index in [1.165, 1.54) is 24.4 Å². The highest BCUT2D eigenvalue weighted by molar-refractivity contribution is 8.01. The van der Waals surface area contributed by atoms with Crippen molar-refractivity contribution in [1.82, 2.24) is 9.88 Å². The molecular weight excluding hydrogens is 388 g/mol. The van der Waals surface area contributed by atoms with Crippen molar-refractivity contribution in [3.63, 3.8) is 0 Å². The summed E-state index contributed by atoms with van der Waals surface area (Å²) in [6.45, 7) is 3.15. The standard InChI is InChI=1S/C18H20N2O3S3/c1-12-3-5-13(6-4-12)14-10-25-18(19-14)26-11-16(21)20-7-8-24-15(9-20)17(22)23-2/h3-6,10,15H,7-9,11H2,1-2H3/t15-/m1/s1. The number of nitrogens with zero attached hydrogens (tertiary/aromatic N) is 2. The Morgan fingerprint density at radius 3 is 2.85 bits per heavy atom. The predicted molar refractivity (Wildman–Crippen MR) is 108 cm³/mol. The van der Waals surface area contributed by atoms with E-state index in [0.29, 0.717) is 18.8 Å². The fourth-order valence-electron chi connectivity index (χ4n) is 2.55. The second-order valence-corrected chi connectivity index (χ2v) is 9.27. The number of esters is 1. The number of carbonyl (C=O) groups excluding carboxylic acids is 2. The van der Waals surface area contributed by atoms with Gasteiger partial charge in [-0.25, -0.2) is 4.98 Å². The Balaban J connectivity index is 1.55. The first-order valence-corrected chi connectivity index (χ1v) is 11.1. The third-order valence-electron chi connectivity index (χ3n) is 4.03. The molecule has 1 fully saturated rings. The SMILES string of the molecule is COC(=O)[C@H]1CN(C(=O)CSc2nc(-c3ccc(C)cc3)cs2)CCS1. The van der Waals surface area contributed by atoms with Crippen LogP contribution in [0.3, 0.4) is 0 Å². The molecule has 1 aliphatic rings. The van der Waals surface area contributed by atoms with Crippen LogP contribution in [0, 0.1) is 6.92 Å². The number of hydrogen-bond acceptors (Lipinski definition) is 7. The molecule has 2 heterocycles. The molecule has 0 aliphatic carbocycles. The van der Waals surface area contributed by atoms with Crippen LogP contribution in [0.1, 0.15) is 5.56 Å². The third kappa shape index (κ3) is 4.81. The number of benzene rings is 1. The monoisotopic (exact) mass is 408 g/mol. The number of thioether (sulfide) groups is 2. The summed E-state index contributed by atoms with van der Waals surface area (Å²) in [4.78, 5) is 30.5. The van der Waals surface area contributed by atoms with Crippen LogP contribution in [-0.4, -0.2) is 58.7 Å². The van der Waals surface area contributed by atoms with Gasteiger partial charge in [-0.2, -0.15) is 0 Å². The van der Waals surface area contributed by atoms with E-state index in [2.05, 4.69) is 36.2 Å². The highest BCUT2D eigenvalue weighted by Crippen LogP contribution is 2.29. The van der Waals surface area contributed by atoms with Crippen LogP contribution in [0.4, 0.5) is 0 Å². The van der Waals surface area contributed by atoms with Crippen molar-refractivity contribution < 1.29 is 14.3 Å². The Morgan fingerprint density at radius 2 is 2.12 bits per heavy atom. The number of thiazole rings is 1. The predicted octanol–water partition coefficient (Wildman–Crippen LogP) is 3.33. The summed E-state index contributed by atoms with van der Waals surface area (Å²) in [5.74, 6) is 0.865. The zero-order valence-corrected chi connectivity index (χ0v) is 17.1. The Labute approximate surface area is 165 Å². The number of hydrogen-bond donors (Lipinski definition) is 0. The molecule has 5 nitrogen and oxygen atoms in total. The van der Waals surface area contributed by atoms with Gasteiger partial charge in [-0.3, -0.25) is 9.59 Å². The molecule has 1 aromatic carbocycles. The van der Waals surface area contributed by atoms with Gasteiger partial charge < -0.3 is 9.64 Å². The highest BCUT2D eigenvalue weighted by Gasteiger charge is 2.29. The van der Waals surface area contributed by atoms with E-state index >= 15 is 0 Å². The van der Waals surface area contributed by atoms with Gasteiger partial charge in [-0.1, -0.05) is 41.6 Å². The summed E-state index contributed by atoms with van der Waals surface area (Å²) in [6, 6.07) is 8.25. The zero-order valence-electron chi connectivity index (χ0n) is 14.6. The molecule has 0 unspecified atom stereocenters. The topological polar surface area (TPSA) is 59.5 Å². The van der Waals surface area contributed by atoms with Crippen LogP contribution >= 0.6 is 34.9 Å². The summed E-state index contributed by atoms with van der Waals surface area (Å²) >= 11 is 4.55. The molecule has 26 heavy (non-hydrogen) atoms. The van der Waals surface area contributed by atoms with Crippen LogP contribution in [0.2, 0.25) is 0 Å². The van der Waals surface area contributed by atoms with Crippen molar-refractivity contribution in [2.45, 2.75) is 16.5 Å². The molecule has 3 rings (SSSR count). The number of ether oxygens (including phenoxy) is 1. The molecule has 1 atom stereocenters. The van der Waals surface area contributed by atoms with Gasteiger partial charge in [0.05, 0.1) is 18.6 Å². The van der Waals surface area contributed by atoms with Crippen molar-refractivity contribution in [3.8, 4) is 11.3 Å². The number of rotatable bonds is 5.